The van der Waals surface area contributed by atoms with E-state index in [4.69, 9.17) is 6.42 Å². The molecule has 2 aromatic rings. The molecule has 1 aliphatic heterocycles. The molecule has 0 saturated carbocycles. The Morgan fingerprint density at radius 1 is 1.35 bits per heavy atom. The lowest BCUT2D eigenvalue weighted by molar-refractivity contribution is -0.138. The fourth-order valence-corrected chi connectivity index (χ4v) is 3.13. The monoisotopic (exact) mass is 363 g/mol. The first kappa shape index (κ1) is 18.0. The average molecular weight is 363 g/mol. The number of nitrogens with zero attached hydrogens (tertiary/aromatic N) is 4. The van der Waals surface area contributed by atoms with Crippen molar-refractivity contribution in [3.05, 3.63) is 52.4 Å². The number of amides is 1. The highest BCUT2D eigenvalue weighted by atomic mass is 19.4. The molecule has 1 atom stereocenters. The molecule has 6 nitrogen and oxygen atoms in total. The average Bonchev–Trinajstić information content (AvgIpc) is 2.88. The van der Waals surface area contributed by atoms with Crippen molar-refractivity contribution in [3.8, 4) is 12.3 Å². The number of benzene rings is 1. The summed E-state index contributed by atoms with van der Waals surface area (Å²) in [5.74, 6) is 1.94. The van der Waals surface area contributed by atoms with E-state index in [9.17, 15) is 23.2 Å². The number of hydrogen-bond donors (Lipinski definition) is 0. The first-order valence-corrected chi connectivity index (χ1v) is 7.61. The predicted molar refractivity (Wildman–Crippen MR) is 87.8 cm³/mol. The van der Waals surface area contributed by atoms with E-state index < -0.39 is 30.2 Å². The van der Waals surface area contributed by atoms with Crippen LogP contribution in [-0.2, 0) is 18.0 Å². The number of aromatic nitrogens is 2. The van der Waals surface area contributed by atoms with Crippen LogP contribution in [0.2, 0.25) is 0 Å². The lowest BCUT2D eigenvalue weighted by Gasteiger charge is -2.35. The van der Waals surface area contributed by atoms with Gasteiger partial charge in [-0.25, -0.2) is 0 Å². The summed E-state index contributed by atoms with van der Waals surface area (Å²) in [6.45, 7) is -0.736. The Hall–Kier alpha value is -2.83. The number of carbonyl (C=O) groups is 1. The van der Waals surface area contributed by atoms with E-state index in [1.54, 1.807) is 0 Å². The van der Waals surface area contributed by atoms with Gasteiger partial charge in [0.2, 0.25) is 5.91 Å². The zero-order valence-corrected chi connectivity index (χ0v) is 13.7. The number of fused-ring (bicyclic) bond motifs is 1. The number of aryl methyl sites for hydroxylation is 1. The van der Waals surface area contributed by atoms with Crippen molar-refractivity contribution in [1.29, 1.82) is 0 Å². The van der Waals surface area contributed by atoms with Gasteiger partial charge in [-0.05, 0) is 11.6 Å². The van der Waals surface area contributed by atoms with Gasteiger partial charge in [-0.15, -0.1) is 6.42 Å². The maximum Gasteiger partial charge on any atom is 0.416 e. The van der Waals surface area contributed by atoms with Gasteiger partial charge in [0.05, 0.1) is 30.9 Å². The minimum Gasteiger partial charge on any atom is -0.784 e. The van der Waals surface area contributed by atoms with Crippen LogP contribution in [0.4, 0.5) is 19.0 Å². The lowest BCUT2D eigenvalue weighted by atomic mass is 9.95. The largest absolute Gasteiger partial charge is 0.784 e. The Morgan fingerprint density at radius 2 is 2.04 bits per heavy atom. The van der Waals surface area contributed by atoms with Crippen molar-refractivity contribution in [2.45, 2.75) is 12.2 Å². The van der Waals surface area contributed by atoms with Gasteiger partial charge in [0.25, 0.3) is 0 Å². The van der Waals surface area contributed by atoms with Gasteiger partial charge in [0, 0.05) is 12.6 Å². The van der Waals surface area contributed by atoms with Crippen molar-refractivity contribution in [1.82, 2.24) is 14.8 Å². The summed E-state index contributed by atoms with van der Waals surface area (Å²) in [5.41, 5.74) is -0.974. The minimum absolute atomic E-state index is 0.118. The van der Waals surface area contributed by atoms with Crippen molar-refractivity contribution >= 4 is 11.7 Å². The van der Waals surface area contributed by atoms with Crippen LogP contribution in [0.1, 0.15) is 22.7 Å². The summed E-state index contributed by atoms with van der Waals surface area (Å²) in [4.78, 5) is 13.6. The number of alkyl halides is 3. The van der Waals surface area contributed by atoms with Crippen LogP contribution in [0.5, 0.6) is 0 Å². The number of rotatable bonds is 2. The van der Waals surface area contributed by atoms with E-state index in [1.807, 2.05) is 0 Å². The second kappa shape index (κ2) is 6.48. The van der Waals surface area contributed by atoms with Crippen LogP contribution < -0.4 is 4.90 Å². The van der Waals surface area contributed by atoms with Crippen molar-refractivity contribution in [3.63, 3.8) is 0 Å². The predicted octanol–water partition coefficient (Wildman–Crippen LogP) is 2.31. The van der Waals surface area contributed by atoms with Crippen molar-refractivity contribution in [2.24, 2.45) is 7.05 Å². The van der Waals surface area contributed by atoms with E-state index in [2.05, 4.69) is 11.0 Å². The highest BCUT2D eigenvalue weighted by Gasteiger charge is 2.39. The van der Waals surface area contributed by atoms with Gasteiger partial charge in [0.1, 0.15) is 5.82 Å². The molecular formula is C17H14F3N4O2-. The molecule has 0 aliphatic carbocycles. The summed E-state index contributed by atoms with van der Waals surface area (Å²) in [7, 11) is 1.53. The standard InChI is InChI=1S/C17H14F3N4O2/c1-3-8-23-14(25)10-24(26)15(12-9-21-22(2)16(12)23)11-6-4-5-7-13(11)17(18,19)20/h1,4-7,9,15H,8,10H2,2H3/q-1. The van der Waals surface area contributed by atoms with Crippen LogP contribution >= 0.6 is 0 Å². The first-order chi connectivity index (χ1) is 12.3. The van der Waals surface area contributed by atoms with E-state index >= 15 is 0 Å². The second-order valence-corrected chi connectivity index (χ2v) is 5.79. The van der Waals surface area contributed by atoms with E-state index in [1.165, 1.54) is 41.0 Å². The molecule has 136 valence electrons. The van der Waals surface area contributed by atoms with Gasteiger partial charge in [-0.3, -0.25) is 14.4 Å². The Labute approximate surface area is 147 Å². The number of hydrogen-bond acceptors (Lipinski definition) is 4. The van der Waals surface area contributed by atoms with Gasteiger partial charge in [-0.2, -0.15) is 18.3 Å². The molecule has 1 unspecified atom stereocenters. The molecule has 2 heterocycles. The quantitative estimate of drug-likeness (QED) is 0.768. The number of carbonyl (C=O) groups excluding carboxylic acids is 1. The zero-order chi connectivity index (χ0) is 19.1. The van der Waals surface area contributed by atoms with Gasteiger partial charge < -0.3 is 10.3 Å². The summed E-state index contributed by atoms with van der Waals surface area (Å²) < 4.78 is 41.7. The van der Waals surface area contributed by atoms with E-state index in [-0.39, 0.29) is 23.5 Å². The topological polar surface area (TPSA) is 64.4 Å². The SMILES string of the molecule is C#CCN1C(=O)CN([O-])C(c2ccccc2C(F)(F)F)c2cnn(C)c21. The Kier molecular flexibility index (Phi) is 4.48. The highest BCUT2D eigenvalue weighted by molar-refractivity contribution is 5.96. The van der Waals surface area contributed by atoms with Gasteiger partial charge in [0.15, 0.2) is 0 Å². The number of anilines is 1. The van der Waals surface area contributed by atoms with Crippen LogP contribution in [0.25, 0.3) is 0 Å². The van der Waals surface area contributed by atoms with Crippen molar-refractivity contribution < 1.29 is 18.0 Å². The van der Waals surface area contributed by atoms with E-state index in [0.717, 1.165) is 6.07 Å². The molecule has 0 bridgehead atoms. The summed E-state index contributed by atoms with van der Waals surface area (Å²) in [6.07, 6.45) is 1.94. The first-order valence-electron chi connectivity index (χ1n) is 7.61. The smallest absolute Gasteiger partial charge is 0.416 e. The summed E-state index contributed by atoms with van der Waals surface area (Å²) in [5, 5.41) is 17.0. The molecule has 3 rings (SSSR count). The molecule has 1 amide bonds. The maximum atomic E-state index is 13.4. The Bertz CT molecular complexity index is 885. The minimum atomic E-state index is -4.64. The van der Waals surface area contributed by atoms with E-state index in [0.29, 0.717) is 5.06 Å². The normalized spacial score (nSPS) is 18.4. The molecule has 1 aromatic heterocycles. The molecule has 0 spiro atoms. The van der Waals surface area contributed by atoms with Crippen LogP contribution in [0.15, 0.2) is 30.5 Å². The molecule has 1 aromatic carbocycles. The fraction of sp³-hybridized carbons (Fsp3) is 0.294. The zero-order valence-electron chi connectivity index (χ0n) is 13.7. The molecule has 0 radical (unpaired) electrons. The van der Waals surface area contributed by atoms with Crippen LogP contribution in [-0.4, -0.2) is 33.8 Å². The summed E-state index contributed by atoms with van der Waals surface area (Å²) in [6, 6.07) is 3.48. The van der Waals surface area contributed by atoms with Gasteiger partial charge >= 0.3 is 6.18 Å². The number of halogens is 3. The molecule has 0 fully saturated rings. The number of terminal acetylenes is 1. The van der Waals surface area contributed by atoms with Crippen LogP contribution in [0, 0.1) is 17.6 Å². The Balaban J connectivity index is 2.24. The highest BCUT2D eigenvalue weighted by Crippen LogP contribution is 2.42. The third kappa shape index (κ3) is 2.94. The lowest BCUT2D eigenvalue weighted by Crippen LogP contribution is -2.38. The molecule has 0 N–H and O–H groups in total. The van der Waals surface area contributed by atoms with Crippen molar-refractivity contribution in [2.75, 3.05) is 18.0 Å². The number of hydroxylamine groups is 2. The Morgan fingerprint density at radius 3 is 2.69 bits per heavy atom. The molecule has 26 heavy (non-hydrogen) atoms. The maximum absolute atomic E-state index is 13.4. The molecule has 1 aliphatic rings. The molecule has 9 heteroatoms. The van der Waals surface area contributed by atoms with Gasteiger partial charge in [-0.1, -0.05) is 24.1 Å². The molecular weight excluding hydrogens is 349 g/mol. The second-order valence-electron chi connectivity index (χ2n) is 5.79. The van der Waals surface area contributed by atoms with Crippen LogP contribution in [0.3, 0.4) is 0 Å². The molecule has 0 saturated heterocycles. The third-order valence-electron chi connectivity index (χ3n) is 4.18. The third-order valence-corrected chi connectivity index (χ3v) is 4.18. The fourth-order valence-electron chi connectivity index (χ4n) is 3.13. The summed E-state index contributed by atoms with van der Waals surface area (Å²) >= 11 is 0.